The zero-order valence-corrected chi connectivity index (χ0v) is 12.2. The van der Waals surface area contributed by atoms with E-state index in [1.165, 1.54) is 6.07 Å². The van der Waals surface area contributed by atoms with Gasteiger partial charge in [-0.15, -0.1) is 17.4 Å². The van der Waals surface area contributed by atoms with Crippen molar-refractivity contribution in [3.63, 3.8) is 0 Å². The van der Waals surface area contributed by atoms with E-state index in [4.69, 9.17) is 0 Å². The van der Waals surface area contributed by atoms with Crippen LogP contribution in [0, 0.1) is 5.82 Å². The highest BCUT2D eigenvalue weighted by molar-refractivity contribution is 7.90. The number of nitrogens with one attached hydrogen (secondary N) is 1. The molecule has 0 radical (unpaired) electrons. The van der Waals surface area contributed by atoms with Gasteiger partial charge in [-0.3, -0.25) is 0 Å². The lowest BCUT2D eigenvalue weighted by Crippen LogP contribution is -2.40. The first-order valence-electron chi connectivity index (χ1n) is 5.38. The van der Waals surface area contributed by atoms with E-state index in [0.29, 0.717) is 10.5 Å². The second-order valence-corrected chi connectivity index (χ2v) is 7.44. The Kier molecular flexibility index (Phi) is 4.89. The molecule has 0 saturated heterocycles. The summed E-state index contributed by atoms with van der Waals surface area (Å²) < 4.78 is 28.1. The first kappa shape index (κ1) is 14.8. The Hall–Kier alpha value is -0.230. The molecule has 0 spiro atoms. The molecule has 2 atom stereocenters. The Bertz CT molecular complexity index is 393. The first-order valence-corrected chi connectivity index (χ1v) is 6.98. The average molecular weight is 275 g/mol. The van der Waals surface area contributed by atoms with Gasteiger partial charge in [0.2, 0.25) is 0 Å². The number of hydrogen-bond donors (Lipinski definition) is 2. The minimum Gasteiger partial charge on any atom is -0.598 e. The van der Waals surface area contributed by atoms with Gasteiger partial charge in [0.05, 0.1) is 6.04 Å². The van der Waals surface area contributed by atoms with E-state index in [2.05, 4.69) is 17.4 Å². The summed E-state index contributed by atoms with van der Waals surface area (Å²) in [4.78, 5) is 0.579. The molecule has 1 N–H and O–H groups in total. The highest BCUT2D eigenvalue weighted by Gasteiger charge is 2.28. The maximum absolute atomic E-state index is 13.7. The van der Waals surface area contributed by atoms with Crippen molar-refractivity contribution in [2.45, 2.75) is 43.4 Å². The molecule has 0 fully saturated rings. The van der Waals surface area contributed by atoms with Gasteiger partial charge in [-0.25, -0.2) is 4.39 Å². The van der Waals surface area contributed by atoms with Gasteiger partial charge in [-0.2, -0.15) is 0 Å². The highest BCUT2D eigenvalue weighted by Crippen LogP contribution is 2.23. The maximum atomic E-state index is 13.7. The summed E-state index contributed by atoms with van der Waals surface area (Å²) >= 11 is 2.85. The van der Waals surface area contributed by atoms with Crippen LogP contribution in [-0.2, 0) is 11.4 Å². The molecule has 96 valence electrons. The molecule has 0 bridgehead atoms. The van der Waals surface area contributed by atoms with Crippen molar-refractivity contribution in [1.82, 2.24) is 4.72 Å². The molecule has 1 unspecified atom stereocenters. The molecule has 1 aromatic rings. The number of halogens is 1. The van der Waals surface area contributed by atoms with E-state index < -0.39 is 11.4 Å². The topological polar surface area (TPSA) is 35.1 Å². The fraction of sp³-hybridized carbons (Fsp3) is 0.500. The molecule has 5 heteroatoms. The predicted octanol–water partition coefficient (Wildman–Crippen LogP) is 3.23. The molecule has 0 aliphatic heterocycles. The van der Waals surface area contributed by atoms with Crippen molar-refractivity contribution in [3.05, 3.63) is 29.6 Å². The summed E-state index contributed by atoms with van der Waals surface area (Å²) in [7, 11) is 0. The molecule has 0 aliphatic rings. The maximum Gasteiger partial charge on any atom is 0.136 e. The lowest BCUT2D eigenvalue weighted by atomic mass is 10.1. The van der Waals surface area contributed by atoms with Crippen LogP contribution in [0.2, 0.25) is 0 Å². The van der Waals surface area contributed by atoms with Gasteiger partial charge in [-0.1, -0.05) is 6.07 Å². The fourth-order valence-corrected chi connectivity index (χ4v) is 2.26. The van der Waals surface area contributed by atoms with Gasteiger partial charge in [-0.05, 0) is 39.8 Å². The molecule has 2 nitrogen and oxygen atoms in total. The van der Waals surface area contributed by atoms with Crippen LogP contribution in [0.5, 0.6) is 0 Å². The third-order valence-corrected chi connectivity index (χ3v) is 4.25. The Morgan fingerprint density at radius 3 is 2.47 bits per heavy atom. The summed E-state index contributed by atoms with van der Waals surface area (Å²) in [6.45, 7) is 7.41. The smallest absolute Gasteiger partial charge is 0.136 e. The van der Waals surface area contributed by atoms with E-state index in [1.54, 1.807) is 19.1 Å². The normalized spacial score (nSPS) is 15.7. The van der Waals surface area contributed by atoms with Crippen LogP contribution in [0.3, 0.4) is 0 Å². The quantitative estimate of drug-likeness (QED) is 0.656. The second kappa shape index (κ2) is 5.61. The molecular weight excluding hydrogens is 257 g/mol. The monoisotopic (exact) mass is 275 g/mol. The molecule has 1 rings (SSSR count). The van der Waals surface area contributed by atoms with Gasteiger partial charge >= 0.3 is 0 Å². The minimum atomic E-state index is -1.22. The van der Waals surface area contributed by atoms with Crippen molar-refractivity contribution in [1.29, 1.82) is 0 Å². The molecule has 0 aliphatic carbocycles. The Morgan fingerprint density at radius 2 is 2.00 bits per heavy atom. The summed E-state index contributed by atoms with van der Waals surface area (Å²) in [6, 6.07) is 4.44. The van der Waals surface area contributed by atoms with E-state index in [9.17, 15) is 8.94 Å². The second-order valence-electron chi connectivity index (χ2n) is 4.93. The molecular formula is C12H18FNOS2. The molecule has 0 heterocycles. The largest absolute Gasteiger partial charge is 0.598 e. The highest BCUT2D eigenvalue weighted by atomic mass is 32.2. The van der Waals surface area contributed by atoms with Crippen LogP contribution in [0.15, 0.2) is 23.1 Å². The lowest BCUT2D eigenvalue weighted by molar-refractivity contribution is 0.522. The van der Waals surface area contributed by atoms with Crippen molar-refractivity contribution in [3.8, 4) is 0 Å². The van der Waals surface area contributed by atoms with Crippen LogP contribution in [0.4, 0.5) is 4.39 Å². The molecule has 0 aromatic heterocycles. The number of thiol groups is 1. The zero-order chi connectivity index (χ0) is 13.2. The summed E-state index contributed by atoms with van der Waals surface area (Å²) in [5.41, 5.74) is 0.500. The van der Waals surface area contributed by atoms with Crippen LogP contribution in [0.25, 0.3) is 0 Å². The van der Waals surface area contributed by atoms with Crippen LogP contribution < -0.4 is 4.72 Å². The Labute approximate surface area is 111 Å². The minimum absolute atomic E-state index is 0.302. The number of hydrogen-bond acceptors (Lipinski definition) is 3. The van der Waals surface area contributed by atoms with Crippen LogP contribution in [-0.4, -0.2) is 9.30 Å². The standard InChI is InChI=1S/C12H18FNOS2/c1-8(14-17(15)12(2,3)4)10-6-5-9(16)7-11(10)13/h5-8,14,16H,1-4H3/t8-,17?/m0/s1. The molecule has 0 amide bonds. The van der Waals surface area contributed by atoms with E-state index >= 15 is 0 Å². The fourth-order valence-electron chi connectivity index (χ4n) is 1.27. The van der Waals surface area contributed by atoms with Crippen molar-refractivity contribution < 1.29 is 8.94 Å². The zero-order valence-electron chi connectivity index (χ0n) is 10.5. The van der Waals surface area contributed by atoms with E-state index in [0.717, 1.165) is 0 Å². The molecule has 17 heavy (non-hydrogen) atoms. The number of benzene rings is 1. The SMILES string of the molecule is C[C@H](N[S+]([O-])C(C)(C)C)c1ccc(S)cc1F. The van der Waals surface area contributed by atoms with E-state index in [-0.39, 0.29) is 16.6 Å². The van der Waals surface area contributed by atoms with Gasteiger partial charge in [0, 0.05) is 21.8 Å². The average Bonchev–Trinajstić information content (AvgIpc) is 2.15. The van der Waals surface area contributed by atoms with Crippen LogP contribution in [0.1, 0.15) is 39.3 Å². The summed E-state index contributed by atoms with van der Waals surface area (Å²) in [6.07, 6.45) is 0. The van der Waals surface area contributed by atoms with E-state index in [1.807, 2.05) is 20.8 Å². The van der Waals surface area contributed by atoms with Crippen molar-refractivity contribution in [2.75, 3.05) is 0 Å². The third-order valence-electron chi connectivity index (χ3n) is 2.29. The van der Waals surface area contributed by atoms with Gasteiger partial charge in [0.25, 0.3) is 0 Å². The number of rotatable bonds is 3. The van der Waals surface area contributed by atoms with Gasteiger partial charge < -0.3 is 4.55 Å². The predicted molar refractivity (Wildman–Crippen MR) is 73.1 cm³/mol. The lowest BCUT2D eigenvalue weighted by Gasteiger charge is -2.26. The van der Waals surface area contributed by atoms with Crippen molar-refractivity contribution >= 4 is 24.0 Å². The third kappa shape index (κ3) is 4.17. The summed E-state index contributed by atoms with van der Waals surface area (Å²) in [5, 5.41) is 0. The van der Waals surface area contributed by atoms with Crippen molar-refractivity contribution in [2.24, 2.45) is 0 Å². The Morgan fingerprint density at radius 1 is 1.41 bits per heavy atom. The van der Waals surface area contributed by atoms with Crippen LogP contribution >= 0.6 is 12.6 Å². The first-order chi connectivity index (χ1) is 7.71. The van der Waals surface area contributed by atoms with Gasteiger partial charge in [0.1, 0.15) is 10.6 Å². The summed E-state index contributed by atoms with van der Waals surface area (Å²) in [5.74, 6) is -0.330. The molecule has 1 aromatic carbocycles. The van der Waals surface area contributed by atoms with Gasteiger partial charge in [0.15, 0.2) is 0 Å². The Balaban J connectivity index is 2.80. The molecule has 0 saturated carbocycles.